The average Bonchev–Trinajstić information content (AvgIpc) is 1.88. The lowest BCUT2D eigenvalue weighted by molar-refractivity contribution is 0.971. The van der Waals surface area contributed by atoms with E-state index >= 15 is 0 Å². The minimum Gasteiger partial charge on any atom is -0.368 e. The first-order chi connectivity index (χ1) is 4.74. The smallest absolute Gasteiger partial charge is 0.224 e. The number of nitrogens with zero attached hydrogens (tertiary/aromatic N) is 1. The van der Waals surface area contributed by atoms with Gasteiger partial charge >= 0.3 is 0 Å². The second kappa shape index (κ2) is 2.51. The summed E-state index contributed by atoms with van der Waals surface area (Å²) in [6.45, 7) is 1.79. The summed E-state index contributed by atoms with van der Waals surface area (Å²) in [6.07, 6.45) is 0. The molecule has 1 rings (SSSR count). The van der Waals surface area contributed by atoms with Crippen LogP contribution in [0.4, 0.5) is 5.82 Å². The Bertz CT molecular complexity index is 279. The van der Waals surface area contributed by atoms with Gasteiger partial charge in [-0.25, -0.2) is 0 Å². The minimum absolute atomic E-state index is 0.0845. The number of aromatic nitrogens is 2. The molecule has 0 radical (unpaired) electrons. The van der Waals surface area contributed by atoms with E-state index in [4.69, 9.17) is 0 Å². The molecule has 2 N–H and O–H groups in total. The molecule has 0 unspecified atom stereocenters. The van der Waals surface area contributed by atoms with E-state index in [-0.39, 0.29) is 5.43 Å². The highest BCUT2D eigenvalue weighted by molar-refractivity contribution is 5.31. The van der Waals surface area contributed by atoms with Crippen LogP contribution in [0.1, 0.15) is 5.69 Å². The van der Waals surface area contributed by atoms with Gasteiger partial charge in [-0.1, -0.05) is 0 Å². The fourth-order valence-corrected chi connectivity index (χ4v) is 0.676. The van der Waals surface area contributed by atoms with Crippen LogP contribution in [0.5, 0.6) is 0 Å². The van der Waals surface area contributed by atoms with E-state index in [2.05, 4.69) is 15.5 Å². The average molecular weight is 139 g/mol. The topological polar surface area (TPSA) is 57.8 Å². The Morgan fingerprint density at radius 2 is 2.40 bits per heavy atom. The molecule has 1 aromatic heterocycles. The first kappa shape index (κ1) is 6.80. The molecular formula is C6H9N3O. The van der Waals surface area contributed by atoms with Crippen molar-refractivity contribution in [3.63, 3.8) is 0 Å². The van der Waals surface area contributed by atoms with E-state index in [1.807, 2.05) is 0 Å². The minimum atomic E-state index is -0.0845. The summed E-state index contributed by atoms with van der Waals surface area (Å²) in [5.74, 6) is 0.352. The molecule has 0 saturated carbocycles. The van der Waals surface area contributed by atoms with Gasteiger partial charge in [0.1, 0.15) is 0 Å². The Morgan fingerprint density at radius 3 is 2.90 bits per heavy atom. The van der Waals surface area contributed by atoms with Gasteiger partial charge in [-0.05, 0) is 6.92 Å². The van der Waals surface area contributed by atoms with Gasteiger partial charge in [0.25, 0.3) is 0 Å². The summed E-state index contributed by atoms with van der Waals surface area (Å²) in [6, 6.07) is 1.50. The number of hydrogen-bond donors (Lipinski definition) is 2. The van der Waals surface area contributed by atoms with Crippen molar-refractivity contribution in [1.82, 2.24) is 10.2 Å². The van der Waals surface area contributed by atoms with Crippen molar-refractivity contribution in [2.24, 2.45) is 0 Å². The molecule has 1 heterocycles. The summed E-state index contributed by atoms with van der Waals surface area (Å²) < 4.78 is 0. The molecule has 0 aromatic carbocycles. The zero-order valence-electron chi connectivity index (χ0n) is 5.93. The number of anilines is 1. The molecular weight excluding hydrogens is 130 g/mol. The third kappa shape index (κ3) is 1.15. The predicted octanol–water partition coefficient (Wildman–Crippen LogP) is 0.120. The quantitative estimate of drug-likeness (QED) is 0.581. The van der Waals surface area contributed by atoms with Crippen LogP contribution in [0.3, 0.4) is 0 Å². The number of H-pyrrole nitrogens is 1. The zero-order chi connectivity index (χ0) is 7.56. The van der Waals surface area contributed by atoms with Gasteiger partial charge in [0.15, 0.2) is 5.82 Å². The first-order valence-corrected chi connectivity index (χ1v) is 2.98. The third-order valence-corrected chi connectivity index (χ3v) is 1.16. The lowest BCUT2D eigenvalue weighted by Gasteiger charge is -1.95. The second-order valence-corrected chi connectivity index (χ2v) is 2.01. The van der Waals surface area contributed by atoms with Crippen LogP contribution >= 0.6 is 0 Å². The van der Waals surface area contributed by atoms with E-state index in [1.54, 1.807) is 14.0 Å². The summed E-state index contributed by atoms with van der Waals surface area (Å²) in [7, 11) is 1.66. The van der Waals surface area contributed by atoms with Crippen LogP contribution < -0.4 is 10.7 Å². The predicted molar refractivity (Wildman–Crippen MR) is 39.1 cm³/mol. The van der Waals surface area contributed by atoms with Crippen LogP contribution in [0.15, 0.2) is 10.9 Å². The molecule has 0 aliphatic rings. The Labute approximate surface area is 58.3 Å². The van der Waals surface area contributed by atoms with E-state index in [9.17, 15) is 4.79 Å². The van der Waals surface area contributed by atoms with Gasteiger partial charge in [-0.2, -0.15) is 5.10 Å². The van der Waals surface area contributed by atoms with Crippen molar-refractivity contribution in [1.29, 1.82) is 0 Å². The number of nitrogens with one attached hydrogen (secondary N) is 2. The normalized spacial score (nSPS) is 9.40. The number of aryl methyl sites for hydroxylation is 1. The van der Waals surface area contributed by atoms with Crippen molar-refractivity contribution in [2.45, 2.75) is 6.92 Å². The standard InChI is InChI=1S/C6H9N3O/c1-4-3-5(10)6(7-2)9-8-4/h3H,1-2H3,(H,7,9)(H,8,10). The maximum atomic E-state index is 10.9. The molecule has 10 heavy (non-hydrogen) atoms. The maximum Gasteiger partial charge on any atom is 0.224 e. The molecule has 4 heteroatoms. The van der Waals surface area contributed by atoms with Crippen molar-refractivity contribution >= 4 is 5.82 Å². The zero-order valence-corrected chi connectivity index (χ0v) is 5.93. The van der Waals surface area contributed by atoms with Gasteiger partial charge in [0, 0.05) is 18.8 Å². The third-order valence-electron chi connectivity index (χ3n) is 1.16. The fraction of sp³-hybridized carbons (Fsp3) is 0.333. The molecule has 0 saturated heterocycles. The molecule has 0 spiro atoms. The van der Waals surface area contributed by atoms with Crippen LogP contribution in [0, 0.1) is 6.92 Å². The van der Waals surface area contributed by atoms with E-state index in [0.717, 1.165) is 5.69 Å². The summed E-state index contributed by atoms with van der Waals surface area (Å²) in [5.41, 5.74) is 0.683. The van der Waals surface area contributed by atoms with E-state index < -0.39 is 0 Å². The van der Waals surface area contributed by atoms with E-state index in [0.29, 0.717) is 5.82 Å². The summed E-state index contributed by atoms with van der Waals surface area (Å²) in [4.78, 5) is 10.9. The number of hydrogen-bond acceptors (Lipinski definition) is 3. The van der Waals surface area contributed by atoms with Gasteiger partial charge in [-0.15, -0.1) is 0 Å². The number of rotatable bonds is 1. The summed E-state index contributed by atoms with van der Waals surface area (Å²) in [5, 5.41) is 9.09. The van der Waals surface area contributed by atoms with Crippen molar-refractivity contribution in [3.8, 4) is 0 Å². The van der Waals surface area contributed by atoms with Crippen LogP contribution in [0.25, 0.3) is 0 Å². The lowest BCUT2D eigenvalue weighted by Crippen LogP contribution is -2.11. The van der Waals surface area contributed by atoms with Crippen LogP contribution in [-0.4, -0.2) is 17.2 Å². The van der Waals surface area contributed by atoms with Gasteiger partial charge in [-0.3, -0.25) is 9.89 Å². The molecule has 54 valence electrons. The molecule has 0 atom stereocenters. The molecule has 0 aliphatic carbocycles. The highest BCUT2D eigenvalue weighted by Crippen LogP contribution is 1.89. The monoisotopic (exact) mass is 139 g/mol. The Kier molecular flexibility index (Phi) is 1.71. The van der Waals surface area contributed by atoms with Gasteiger partial charge < -0.3 is 5.32 Å². The maximum absolute atomic E-state index is 10.9. The summed E-state index contributed by atoms with van der Waals surface area (Å²) >= 11 is 0. The lowest BCUT2D eigenvalue weighted by atomic mass is 10.4. The number of aromatic amines is 1. The Hall–Kier alpha value is -1.32. The van der Waals surface area contributed by atoms with Gasteiger partial charge in [0.05, 0.1) is 0 Å². The Balaban J connectivity index is 3.20. The first-order valence-electron chi connectivity index (χ1n) is 2.98. The second-order valence-electron chi connectivity index (χ2n) is 2.01. The van der Waals surface area contributed by atoms with E-state index in [1.165, 1.54) is 6.07 Å². The molecule has 0 aliphatic heterocycles. The van der Waals surface area contributed by atoms with Crippen LogP contribution in [-0.2, 0) is 0 Å². The Morgan fingerprint density at radius 1 is 1.70 bits per heavy atom. The molecule has 0 amide bonds. The molecule has 1 aromatic rings. The van der Waals surface area contributed by atoms with Gasteiger partial charge in [0.2, 0.25) is 5.43 Å². The van der Waals surface area contributed by atoms with Crippen molar-refractivity contribution in [2.75, 3.05) is 12.4 Å². The molecule has 0 fully saturated rings. The highest BCUT2D eigenvalue weighted by atomic mass is 16.1. The highest BCUT2D eigenvalue weighted by Gasteiger charge is 1.95. The van der Waals surface area contributed by atoms with Crippen molar-refractivity contribution < 1.29 is 0 Å². The van der Waals surface area contributed by atoms with Crippen molar-refractivity contribution in [3.05, 3.63) is 22.0 Å². The van der Waals surface area contributed by atoms with Crippen LogP contribution in [0.2, 0.25) is 0 Å². The SMILES string of the molecule is CNc1n[nH]c(C)cc1=O. The molecule has 0 bridgehead atoms. The fourth-order valence-electron chi connectivity index (χ4n) is 0.676. The largest absolute Gasteiger partial charge is 0.368 e. The molecule has 4 nitrogen and oxygen atoms in total.